The summed E-state index contributed by atoms with van der Waals surface area (Å²) in [7, 11) is 0. The molecule has 2 amide bonds. The second-order valence-corrected chi connectivity index (χ2v) is 4.34. The smallest absolute Gasteiger partial charge is 0.422 e. The monoisotopic (exact) mass is 299 g/mol. The predicted molar refractivity (Wildman–Crippen MR) is 66.4 cm³/mol. The molecular formula is C11H20F3N3O3. The minimum absolute atomic E-state index is 0.126. The van der Waals surface area contributed by atoms with Gasteiger partial charge in [0.25, 0.3) is 0 Å². The molecule has 20 heavy (non-hydrogen) atoms. The third-order valence-corrected chi connectivity index (χ3v) is 2.97. The first-order valence-corrected chi connectivity index (χ1v) is 6.17. The quantitative estimate of drug-likeness (QED) is 0.656. The lowest BCUT2D eigenvalue weighted by atomic mass is 10.0. The van der Waals surface area contributed by atoms with Gasteiger partial charge in [0.2, 0.25) is 5.54 Å². The van der Waals surface area contributed by atoms with Crippen molar-refractivity contribution in [2.75, 3.05) is 26.2 Å². The van der Waals surface area contributed by atoms with Crippen LogP contribution in [0.1, 0.15) is 20.8 Å². The van der Waals surface area contributed by atoms with E-state index in [2.05, 4.69) is 5.32 Å². The third-order valence-electron chi connectivity index (χ3n) is 2.97. The van der Waals surface area contributed by atoms with Gasteiger partial charge in [-0.15, -0.1) is 0 Å². The number of halogens is 3. The maximum atomic E-state index is 12.6. The van der Waals surface area contributed by atoms with Gasteiger partial charge in [-0.3, -0.25) is 0 Å². The van der Waals surface area contributed by atoms with Gasteiger partial charge in [-0.2, -0.15) is 13.2 Å². The second-order valence-electron chi connectivity index (χ2n) is 4.34. The van der Waals surface area contributed by atoms with Crippen molar-refractivity contribution < 1.29 is 27.9 Å². The molecule has 0 aromatic heterocycles. The molecule has 0 heterocycles. The van der Waals surface area contributed by atoms with Gasteiger partial charge in [-0.05, 0) is 20.0 Å². The number of alkyl halides is 3. The van der Waals surface area contributed by atoms with Crippen molar-refractivity contribution in [1.82, 2.24) is 15.5 Å². The number of aliphatic carboxylic acids is 1. The van der Waals surface area contributed by atoms with Crippen molar-refractivity contribution in [1.29, 1.82) is 0 Å². The van der Waals surface area contributed by atoms with Gasteiger partial charge in [-0.25, -0.2) is 9.59 Å². The number of urea groups is 1. The molecule has 0 spiro atoms. The van der Waals surface area contributed by atoms with Gasteiger partial charge in [-0.1, -0.05) is 13.8 Å². The third kappa shape index (κ3) is 4.87. The van der Waals surface area contributed by atoms with E-state index in [0.29, 0.717) is 13.5 Å². The number of nitrogens with one attached hydrogen (secondary N) is 2. The lowest BCUT2D eigenvalue weighted by Gasteiger charge is -2.28. The molecule has 0 aliphatic heterocycles. The highest BCUT2D eigenvalue weighted by atomic mass is 19.4. The van der Waals surface area contributed by atoms with Crippen LogP contribution in [-0.2, 0) is 4.79 Å². The molecule has 0 bridgehead atoms. The van der Waals surface area contributed by atoms with E-state index >= 15 is 0 Å². The summed E-state index contributed by atoms with van der Waals surface area (Å²) in [5.74, 6) is -2.16. The van der Waals surface area contributed by atoms with Crippen LogP contribution < -0.4 is 10.6 Å². The van der Waals surface area contributed by atoms with Crippen molar-refractivity contribution in [3.8, 4) is 0 Å². The Kier molecular flexibility index (Phi) is 6.77. The number of nitrogens with zero attached hydrogens (tertiary/aromatic N) is 1. The zero-order valence-electron chi connectivity index (χ0n) is 11.7. The average molecular weight is 299 g/mol. The molecule has 1 atom stereocenters. The second kappa shape index (κ2) is 7.32. The topological polar surface area (TPSA) is 81.7 Å². The van der Waals surface area contributed by atoms with Crippen LogP contribution in [0.2, 0.25) is 0 Å². The summed E-state index contributed by atoms with van der Waals surface area (Å²) in [5, 5.41) is 12.3. The Labute approximate surface area is 115 Å². The zero-order chi connectivity index (χ0) is 16.0. The fourth-order valence-corrected chi connectivity index (χ4v) is 1.38. The number of likely N-dealkylation sites (N-methyl/N-ethyl adjacent to an activating group) is 1. The molecule has 118 valence electrons. The van der Waals surface area contributed by atoms with Crippen LogP contribution in [0.5, 0.6) is 0 Å². The number of carboxylic acids is 1. The summed E-state index contributed by atoms with van der Waals surface area (Å²) in [5.41, 5.74) is -3.31. The van der Waals surface area contributed by atoms with Gasteiger partial charge in [0, 0.05) is 13.1 Å². The normalized spacial score (nSPS) is 14.8. The van der Waals surface area contributed by atoms with E-state index in [9.17, 15) is 22.8 Å². The van der Waals surface area contributed by atoms with E-state index < -0.39 is 23.7 Å². The molecule has 0 saturated heterocycles. The molecule has 0 saturated carbocycles. The summed E-state index contributed by atoms with van der Waals surface area (Å²) in [6.07, 6.45) is -5.09. The molecular weight excluding hydrogens is 279 g/mol. The van der Waals surface area contributed by atoms with Crippen LogP contribution in [0, 0.1) is 0 Å². The van der Waals surface area contributed by atoms with Crippen LogP contribution in [-0.4, -0.2) is 59.9 Å². The van der Waals surface area contributed by atoms with Gasteiger partial charge in [0.05, 0.1) is 0 Å². The first kappa shape index (κ1) is 18.5. The predicted octanol–water partition coefficient (Wildman–Crippen LogP) is 1.03. The summed E-state index contributed by atoms with van der Waals surface area (Å²) < 4.78 is 37.9. The van der Waals surface area contributed by atoms with E-state index in [1.165, 1.54) is 5.32 Å². The fourth-order valence-electron chi connectivity index (χ4n) is 1.38. The van der Waals surface area contributed by atoms with Crippen molar-refractivity contribution >= 4 is 12.0 Å². The van der Waals surface area contributed by atoms with Crippen LogP contribution in [0.4, 0.5) is 18.0 Å². The highest BCUT2D eigenvalue weighted by Crippen LogP contribution is 2.30. The minimum atomic E-state index is -5.09. The number of rotatable bonds is 7. The number of carbonyl (C=O) groups excluding carboxylic acids is 1. The van der Waals surface area contributed by atoms with Crippen LogP contribution in [0.15, 0.2) is 0 Å². The summed E-state index contributed by atoms with van der Waals surface area (Å²) in [4.78, 5) is 24.0. The van der Waals surface area contributed by atoms with E-state index in [1.54, 1.807) is 0 Å². The average Bonchev–Trinajstić information content (AvgIpc) is 2.32. The minimum Gasteiger partial charge on any atom is -0.479 e. The van der Waals surface area contributed by atoms with E-state index in [4.69, 9.17) is 5.11 Å². The SMILES string of the molecule is CCN(CC)CCNC(=O)NC(C)(C(=O)O)C(F)(F)F. The Morgan fingerprint density at radius 3 is 2.05 bits per heavy atom. The van der Waals surface area contributed by atoms with E-state index in [1.807, 2.05) is 18.7 Å². The maximum absolute atomic E-state index is 12.6. The summed E-state index contributed by atoms with van der Waals surface area (Å²) in [6, 6.07) is -1.17. The highest BCUT2D eigenvalue weighted by molar-refractivity contribution is 5.86. The molecule has 0 rings (SSSR count). The number of hydrogen-bond acceptors (Lipinski definition) is 3. The maximum Gasteiger partial charge on any atom is 0.422 e. The van der Waals surface area contributed by atoms with Gasteiger partial charge in [0.1, 0.15) is 0 Å². The summed E-state index contributed by atoms with van der Waals surface area (Å²) in [6.45, 7) is 6.31. The molecule has 0 aliphatic rings. The molecule has 1 unspecified atom stereocenters. The molecule has 0 aliphatic carbocycles. The molecule has 0 fully saturated rings. The van der Waals surface area contributed by atoms with E-state index in [-0.39, 0.29) is 6.54 Å². The Hall–Kier alpha value is -1.51. The molecule has 6 nitrogen and oxygen atoms in total. The molecule has 3 N–H and O–H groups in total. The lowest BCUT2D eigenvalue weighted by molar-refractivity contribution is -0.203. The van der Waals surface area contributed by atoms with Crippen molar-refractivity contribution in [2.24, 2.45) is 0 Å². The van der Waals surface area contributed by atoms with Gasteiger partial charge in [0.15, 0.2) is 0 Å². The van der Waals surface area contributed by atoms with Gasteiger partial charge < -0.3 is 20.6 Å². The summed E-state index contributed by atoms with van der Waals surface area (Å²) >= 11 is 0. The van der Waals surface area contributed by atoms with Crippen molar-refractivity contribution in [2.45, 2.75) is 32.5 Å². The fraction of sp³-hybridized carbons (Fsp3) is 0.818. The standard InChI is InChI=1S/C11H20F3N3O3/c1-4-17(5-2)7-6-15-9(20)16-10(3,8(18)19)11(12,13)14/h4-7H2,1-3H3,(H,18,19)(H2,15,16,20). The first-order valence-electron chi connectivity index (χ1n) is 6.17. The zero-order valence-corrected chi connectivity index (χ0v) is 11.7. The van der Waals surface area contributed by atoms with E-state index in [0.717, 1.165) is 13.1 Å². The Bertz CT molecular complexity index is 346. The number of amides is 2. The van der Waals surface area contributed by atoms with Crippen LogP contribution in [0.25, 0.3) is 0 Å². The lowest BCUT2D eigenvalue weighted by Crippen LogP contribution is -2.63. The number of carbonyl (C=O) groups is 2. The number of hydrogen-bond donors (Lipinski definition) is 3. The van der Waals surface area contributed by atoms with Crippen LogP contribution in [0.3, 0.4) is 0 Å². The van der Waals surface area contributed by atoms with Gasteiger partial charge >= 0.3 is 18.2 Å². The highest BCUT2D eigenvalue weighted by Gasteiger charge is 2.58. The molecule has 0 aromatic carbocycles. The van der Waals surface area contributed by atoms with Crippen molar-refractivity contribution in [3.05, 3.63) is 0 Å². The van der Waals surface area contributed by atoms with Crippen molar-refractivity contribution in [3.63, 3.8) is 0 Å². The largest absolute Gasteiger partial charge is 0.479 e. The number of carboxylic acid groups (broad SMARTS) is 1. The first-order chi connectivity index (χ1) is 9.08. The molecule has 9 heteroatoms. The molecule has 0 radical (unpaired) electrons. The van der Waals surface area contributed by atoms with Crippen LogP contribution >= 0.6 is 0 Å². The Morgan fingerprint density at radius 2 is 1.70 bits per heavy atom. The Morgan fingerprint density at radius 1 is 1.20 bits per heavy atom. The Balaban J connectivity index is 4.47. The molecule has 0 aromatic rings.